The van der Waals surface area contributed by atoms with Gasteiger partial charge in [0.2, 0.25) is 0 Å². The van der Waals surface area contributed by atoms with Gasteiger partial charge in [-0.25, -0.2) is 0 Å². The molecule has 14 bridgehead atoms. The number of nitrogens with zero attached hydrogens (tertiary/aromatic N) is 2. The van der Waals surface area contributed by atoms with Crippen molar-refractivity contribution in [2.75, 3.05) is 9.80 Å². The van der Waals surface area contributed by atoms with Crippen molar-refractivity contribution in [3.05, 3.63) is 202 Å². The lowest BCUT2D eigenvalue weighted by atomic mass is 9.46. The molecule has 23 rings (SSSR count). The Morgan fingerprint density at radius 2 is 0.709 bits per heavy atom. The third-order valence-electron chi connectivity index (χ3n) is 30.7. The molecule has 8 aromatic rings. The van der Waals surface area contributed by atoms with Crippen molar-refractivity contribution in [3.63, 3.8) is 0 Å². The van der Waals surface area contributed by atoms with Crippen LogP contribution in [0.4, 0.5) is 34.1 Å². The van der Waals surface area contributed by atoms with E-state index >= 15 is 0 Å². The molecule has 0 N–H and O–H groups in total. The Hall–Kier alpha value is -6.38. The van der Waals surface area contributed by atoms with Gasteiger partial charge in [0, 0.05) is 44.3 Å². The van der Waals surface area contributed by atoms with Crippen molar-refractivity contribution in [1.82, 2.24) is 0 Å². The normalized spacial score (nSPS) is 32.5. The largest absolute Gasteiger partial charge is 0.309 e. The fraction of sp³-hybridized carbons (Fsp3) is 0.545. The zero-order valence-corrected chi connectivity index (χ0v) is 65.5. The van der Waals surface area contributed by atoms with Crippen LogP contribution in [0.3, 0.4) is 0 Å². The van der Waals surface area contributed by atoms with E-state index < -0.39 is 0 Å². The van der Waals surface area contributed by atoms with Gasteiger partial charge in [-0.1, -0.05) is 206 Å². The molecule has 15 aliphatic rings. The number of anilines is 6. The van der Waals surface area contributed by atoms with E-state index in [-0.39, 0.29) is 21.7 Å². The van der Waals surface area contributed by atoms with Crippen LogP contribution in [0.5, 0.6) is 0 Å². The van der Waals surface area contributed by atoms with E-state index in [1.54, 1.807) is 22.3 Å². The second kappa shape index (κ2) is 24.6. The molecule has 7 unspecified atom stereocenters. The van der Waals surface area contributed by atoms with Crippen LogP contribution in [0, 0.1) is 88.8 Å². The zero-order chi connectivity index (χ0) is 70.7. The van der Waals surface area contributed by atoms with E-state index in [0.29, 0.717) is 41.4 Å². The number of benzene rings is 8. The summed E-state index contributed by atoms with van der Waals surface area (Å²) in [5, 5.41) is 5.29. The summed E-state index contributed by atoms with van der Waals surface area (Å²) < 4.78 is 0. The highest BCUT2D eigenvalue weighted by Gasteiger charge is 2.55. The molecular weight excluding hydrogens is 1240 g/mol. The van der Waals surface area contributed by atoms with Crippen molar-refractivity contribution < 1.29 is 0 Å². The first kappa shape index (κ1) is 67.2. The quantitative estimate of drug-likeness (QED) is 0.0683. The van der Waals surface area contributed by atoms with Gasteiger partial charge in [0.05, 0.1) is 11.4 Å². The maximum Gasteiger partial charge on any atom is 0.0620 e. The van der Waals surface area contributed by atoms with E-state index in [4.69, 9.17) is 0 Å². The van der Waals surface area contributed by atoms with Crippen LogP contribution in [0.25, 0.3) is 32.7 Å². The van der Waals surface area contributed by atoms with Crippen LogP contribution in [0.1, 0.15) is 281 Å². The smallest absolute Gasteiger partial charge is 0.0620 e. The monoisotopic (exact) mass is 1360 g/mol. The molecule has 8 aromatic carbocycles. The SMILES string of the molecule is CCC1CC2CC(C)C(c3cc(C4C5CC6CC(C5)CC4C6)cc(N(c4cc(C(C)(C)C)cc(C(C)(C)C)c4)c4c5ccccc5c(N(c5cc(C6C7CC8CC(C7)CC6C8)cc(C6C7CC8CC=C7C6C8)c5)c5cc(C(C)(C)C)cc(C(C)(C)C)c5)c5cc(-c6ccccc6)ccc45)c3)C(C1)C2. The number of rotatable bonds is 12. The van der Waals surface area contributed by atoms with Crippen molar-refractivity contribution in [3.8, 4) is 11.1 Å². The predicted octanol–water partition coefficient (Wildman–Crippen LogP) is 28.5. The maximum absolute atomic E-state index is 2.92. The Labute approximate surface area is 621 Å². The lowest BCUT2D eigenvalue weighted by Gasteiger charge is -2.58. The highest BCUT2D eigenvalue weighted by Crippen LogP contribution is 2.68. The Bertz CT molecular complexity index is 4520. The molecule has 7 atom stereocenters. The molecular formula is C101H122N2. The molecule has 13 fully saturated rings. The summed E-state index contributed by atoms with van der Waals surface area (Å²) >= 11 is 0. The summed E-state index contributed by atoms with van der Waals surface area (Å²) in [5.74, 6) is 14.4. The van der Waals surface area contributed by atoms with Crippen LogP contribution < -0.4 is 9.80 Å². The number of fused-ring (bicyclic) bond motifs is 5. The molecule has 536 valence electrons. The molecule has 0 amide bonds. The van der Waals surface area contributed by atoms with Gasteiger partial charge in [0.25, 0.3) is 0 Å². The Balaban J connectivity index is 0.925. The van der Waals surface area contributed by atoms with Gasteiger partial charge in [-0.05, 0) is 353 Å². The number of allylic oxidation sites excluding steroid dienone is 2. The minimum Gasteiger partial charge on any atom is -0.309 e. The average molecular weight is 1360 g/mol. The van der Waals surface area contributed by atoms with Crippen LogP contribution in [-0.4, -0.2) is 0 Å². The van der Waals surface area contributed by atoms with E-state index in [0.717, 1.165) is 71.0 Å². The molecule has 0 aromatic heterocycles. The predicted molar refractivity (Wildman–Crippen MR) is 437 cm³/mol. The third-order valence-corrected chi connectivity index (χ3v) is 30.7. The first-order valence-electron chi connectivity index (χ1n) is 42.3. The minimum absolute atomic E-state index is 0.0920. The van der Waals surface area contributed by atoms with Gasteiger partial charge in [0.1, 0.15) is 0 Å². The van der Waals surface area contributed by atoms with Gasteiger partial charge >= 0.3 is 0 Å². The second-order valence-corrected chi connectivity index (χ2v) is 41.6. The van der Waals surface area contributed by atoms with Gasteiger partial charge in [-0.2, -0.15) is 0 Å². The van der Waals surface area contributed by atoms with Gasteiger partial charge < -0.3 is 9.80 Å². The van der Waals surface area contributed by atoms with E-state index in [2.05, 4.69) is 258 Å². The number of hydrogen-bond donors (Lipinski definition) is 0. The maximum atomic E-state index is 2.92. The van der Waals surface area contributed by atoms with Gasteiger partial charge in [0.15, 0.2) is 0 Å². The van der Waals surface area contributed by atoms with Crippen molar-refractivity contribution in [2.45, 2.75) is 258 Å². The highest BCUT2D eigenvalue weighted by molar-refractivity contribution is 6.24. The summed E-state index contributed by atoms with van der Waals surface area (Å²) in [6, 6.07) is 62.0. The molecule has 15 aliphatic carbocycles. The third kappa shape index (κ3) is 11.6. The summed E-state index contributed by atoms with van der Waals surface area (Å²) in [6.07, 6.45) is 28.0. The zero-order valence-electron chi connectivity index (χ0n) is 65.5. The topological polar surface area (TPSA) is 6.48 Å². The van der Waals surface area contributed by atoms with Crippen molar-refractivity contribution in [2.24, 2.45) is 88.8 Å². The molecule has 103 heavy (non-hydrogen) atoms. The molecule has 2 nitrogen and oxygen atoms in total. The number of hydrogen-bond acceptors (Lipinski definition) is 2. The molecule has 2 heteroatoms. The molecule has 0 heterocycles. The van der Waals surface area contributed by atoms with E-state index in [1.165, 1.54) is 205 Å². The molecule has 0 radical (unpaired) electrons. The molecule has 13 saturated carbocycles. The first-order valence-corrected chi connectivity index (χ1v) is 42.3. The van der Waals surface area contributed by atoms with Gasteiger partial charge in [-0.3, -0.25) is 0 Å². The summed E-state index contributed by atoms with van der Waals surface area (Å²) in [4.78, 5) is 5.83. The Kier molecular flexibility index (Phi) is 16.0. The van der Waals surface area contributed by atoms with E-state index in [9.17, 15) is 0 Å². The van der Waals surface area contributed by atoms with Gasteiger partial charge in [-0.15, -0.1) is 0 Å². The summed E-state index contributed by atoms with van der Waals surface area (Å²) in [5.41, 5.74) is 24.2. The highest BCUT2D eigenvalue weighted by atomic mass is 15.2. The lowest BCUT2D eigenvalue weighted by molar-refractivity contribution is -0.00291. The minimum atomic E-state index is -0.0934. The Morgan fingerprint density at radius 1 is 0.320 bits per heavy atom. The fourth-order valence-corrected chi connectivity index (χ4v) is 26.4. The van der Waals surface area contributed by atoms with Crippen LogP contribution in [0.2, 0.25) is 0 Å². The molecule has 0 saturated heterocycles. The van der Waals surface area contributed by atoms with Crippen molar-refractivity contribution >= 4 is 55.7 Å². The van der Waals surface area contributed by atoms with Crippen molar-refractivity contribution in [1.29, 1.82) is 0 Å². The second-order valence-electron chi connectivity index (χ2n) is 41.6. The first-order chi connectivity index (χ1) is 49.3. The lowest BCUT2D eigenvalue weighted by Crippen LogP contribution is -2.47. The molecule has 0 aliphatic heterocycles. The van der Waals surface area contributed by atoms with Crippen LogP contribution >= 0.6 is 0 Å². The Morgan fingerprint density at radius 3 is 1.14 bits per heavy atom. The standard InChI is InChI=1S/C101H122N2/c1-15-59-30-61-29-58(2)92(68(33-59)34-61)73-45-74(93-69-35-62-31-63(37-69)38-70(93)36-62)48-81(47-73)102(83-54-77(98(3,4)5)52-78(55-83)99(6,7)8)96-86-23-19-20-24-87(86)97(91-51-67(26-28-88(91)96)66-21-17-16-18-22-66)103(84-56-79(100(9,10)11)53-80(57-84)101(12,13)14)82-49-75(94-71-39-64-32-65(41-71)42-72(94)40-64)46-76(50-82)95-89-43-60-25-27-85(89)90(95)44-60/h16-24,26-28,45-65,68-72,89-90,92-95H,15,25,29-44H2,1-14H3. The van der Waals surface area contributed by atoms with E-state index in [1.807, 2.05) is 5.57 Å². The van der Waals surface area contributed by atoms with Crippen LogP contribution in [-0.2, 0) is 21.7 Å². The summed E-state index contributed by atoms with van der Waals surface area (Å²) in [6.45, 7) is 34.7. The summed E-state index contributed by atoms with van der Waals surface area (Å²) in [7, 11) is 0. The fourth-order valence-electron chi connectivity index (χ4n) is 26.4. The molecule has 0 spiro atoms. The average Bonchev–Trinajstić information content (AvgIpc) is 0.709. The van der Waals surface area contributed by atoms with Crippen LogP contribution in [0.15, 0.2) is 157 Å².